The van der Waals surface area contributed by atoms with Gasteiger partial charge >= 0.3 is 6.02 Å². The number of carbonyl (C=O) groups excluding carboxylic acids is 1. The Morgan fingerprint density at radius 1 is 1.34 bits per heavy atom. The number of hydrogen-bond acceptors (Lipinski definition) is 10. The van der Waals surface area contributed by atoms with Crippen LogP contribution in [0, 0.1) is 5.21 Å². The summed E-state index contributed by atoms with van der Waals surface area (Å²) in [7, 11) is 2.75. The van der Waals surface area contributed by atoms with Gasteiger partial charge in [0.15, 0.2) is 5.54 Å². The predicted molar refractivity (Wildman–Crippen MR) is 124 cm³/mol. The minimum absolute atomic E-state index is 0.0212. The van der Waals surface area contributed by atoms with Gasteiger partial charge in [-0.15, -0.1) is 0 Å². The fraction of sp³-hybridized carbons (Fsp3) is 0.619. The topological polar surface area (TPSA) is 141 Å². The van der Waals surface area contributed by atoms with Crippen molar-refractivity contribution in [2.75, 3.05) is 32.7 Å². The van der Waals surface area contributed by atoms with Crippen LogP contribution >= 0.6 is 11.8 Å². The van der Waals surface area contributed by atoms with Crippen LogP contribution < -0.4 is 5.32 Å². The van der Waals surface area contributed by atoms with E-state index in [1.165, 1.54) is 26.2 Å². The summed E-state index contributed by atoms with van der Waals surface area (Å²) in [6.45, 7) is 1.51. The van der Waals surface area contributed by atoms with Gasteiger partial charge < -0.3 is 30.6 Å². The molecule has 0 fully saturated rings. The van der Waals surface area contributed by atoms with Crippen LogP contribution in [0.1, 0.15) is 25.3 Å². The van der Waals surface area contributed by atoms with Gasteiger partial charge in [0.2, 0.25) is 0 Å². The zero-order chi connectivity index (χ0) is 23.9. The molecule has 0 saturated carbocycles. The average Bonchev–Trinajstić information content (AvgIpc) is 3.17. The molecule has 1 amide bonds. The molecule has 4 atom stereocenters. The van der Waals surface area contributed by atoms with E-state index in [1.54, 1.807) is 30.8 Å². The number of aliphatic hydroxyl groups is 2. The maximum absolute atomic E-state index is 13.1. The number of amides is 1. The average molecular weight is 470 g/mol. The minimum atomic E-state index is -1.30. The highest BCUT2D eigenvalue weighted by Gasteiger charge is 2.42. The molecule has 4 unspecified atom stereocenters. The van der Waals surface area contributed by atoms with Gasteiger partial charge in [-0.25, -0.2) is 4.99 Å². The van der Waals surface area contributed by atoms with Crippen molar-refractivity contribution in [3.05, 3.63) is 35.0 Å². The lowest BCUT2D eigenvalue weighted by Crippen LogP contribution is -2.55. The molecule has 0 spiro atoms. The Kier molecular flexibility index (Phi) is 9.59. The van der Waals surface area contributed by atoms with E-state index in [1.807, 2.05) is 6.26 Å². The van der Waals surface area contributed by atoms with Gasteiger partial charge in [-0.2, -0.15) is 11.8 Å². The first-order chi connectivity index (χ1) is 15.1. The summed E-state index contributed by atoms with van der Waals surface area (Å²) >= 11 is 1.65. The zero-order valence-corrected chi connectivity index (χ0v) is 19.7. The van der Waals surface area contributed by atoms with E-state index in [-0.39, 0.29) is 24.8 Å². The van der Waals surface area contributed by atoms with Crippen LogP contribution in [0.15, 0.2) is 29.3 Å². The molecule has 4 N–H and O–H groups in total. The lowest BCUT2D eigenvalue weighted by Gasteiger charge is -2.33. The Morgan fingerprint density at radius 2 is 2.00 bits per heavy atom. The second-order valence-electron chi connectivity index (χ2n) is 8.09. The number of ether oxygens (including phenoxy) is 1. The van der Waals surface area contributed by atoms with E-state index in [0.29, 0.717) is 11.6 Å². The molecule has 0 aliphatic carbocycles. The molecule has 0 bridgehead atoms. The predicted octanol–water partition coefficient (Wildman–Crippen LogP) is 0.706. The first-order valence-corrected chi connectivity index (χ1v) is 11.8. The van der Waals surface area contributed by atoms with Crippen LogP contribution in [0.5, 0.6) is 5.75 Å². The number of hydroxylamine groups is 1. The third kappa shape index (κ3) is 6.97. The highest BCUT2D eigenvalue weighted by molar-refractivity contribution is 7.98. The molecule has 2 rings (SSSR count). The number of hydrogen-bond donors (Lipinski definition) is 4. The number of aromatic hydroxyl groups is 1. The molecule has 1 aliphatic rings. The quantitative estimate of drug-likeness (QED) is 0.272. The molecule has 1 aromatic carbocycles. The second-order valence-corrected chi connectivity index (χ2v) is 9.07. The lowest BCUT2D eigenvalue weighted by atomic mass is 9.94. The van der Waals surface area contributed by atoms with Gasteiger partial charge in [-0.05, 0) is 62.9 Å². The lowest BCUT2D eigenvalue weighted by molar-refractivity contribution is -0.128. The number of hydrazine groups is 1. The Labute approximate surface area is 192 Å². The Morgan fingerprint density at radius 3 is 2.59 bits per heavy atom. The van der Waals surface area contributed by atoms with Crippen molar-refractivity contribution in [2.24, 2.45) is 4.99 Å². The molecule has 180 valence electrons. The van der Waals surface area contributed by atoms with Crippen molar-refractivity contribution >= 4 is 23.7 Å². The minimum Gasteiger partial charge on any atom is -0.767 e. The molecule has 10 nitrogen and oxygen atoms in total. The number of aliphatic hydroxyl groups excluding tert-OH is 2. The van der Waals surface area contributed by atoms with Crippen LogP contribution in [-0.2, 0) is 16.0 Å². The van der Waals surface area contributed by atoms with Crippen molar-refractivity contribution < 1.29 is 24.9 Å². The normalized spacial score (nSPS) is 20.9. The molecule has 11 heteroatoms. The number of rotatable bonds is 11. The van der Waals surface area contributed by atoms with Crippen LogP contribution in [0.4, 0.5) is 0 Å². The van der Waals surface area contributed by atoms with E-state index in [2.05, 4.69) is 10.3 Å². The van der Waals surface area contributed by atoms with Crippen LogP contribution in [0.3, 0.4) is 0 Å². The molecule has 0 saturated heterocycles. The largest absolute Gasteiger partial charge is 0.767 e. The van der Waals surface area contributed by atoms with Crippen LogP contribution in [-0.4, -0.2) is 93.9 Å². The summed E-state index contributed by atoms with van der Waals surface area (Å²) in [6, 6.07) is 5.65. The van der Waals surface area contributed by atoms with Crippen molar-refractivity contribution in [3.8, 4) is 5.75 Å². The third-order valence-corrected chi connectivity index (χ3v) is 6.07. The van der Waals surface area contributed by atoms with Crippen molar-refractivity contribution in [1.82, 2.24) is 15.5 Å². The highest BCUT2D eigenvalue weighted by atomic mass is 32.2. The fourth-order valence-electron chi connectivity index (χ4n) is 3.23. The maximum atomic E-state index is 13.1. The van der Waals surface area contributed by atoms with Crippen LogP contribution in [0.2, 0.25) is 0 Å². The second kappa shape index (κ2) is 11.7. The van der Waals surface area contributed by atoms with E-state index in [9.17, 15) is 25.3 Å². The molecule has 32 heavy (non-hydrogen) atoms. The molecular formula is C21H33N4O6S-. The molecule has 0 aromatic heterocycles. The van der Waals surface area contributed by atoms with Crippen molar-refractivity contribution in [3.63, 3.8) is 0 Å². The number of nitrogens with one attached hydrogen (secondary N) is 1. The standard InChI is InChI=1S/C21H33N4O6S/c1-21(13-31-20(23-21)24(2)25(3)30)19(29)22-16(12-14-7-9-15(26)10-8-14)18(28)17(27)6-5-11-32-4/h7-10,16-18,26-28H,5-6,11-13H2,1-4H3,(H,22,29)/q-1. The number of phenols is 1. The summed E-state index contributed by atoms with van der Waals surface area (Å²) in [5.74, 6) is 0.471. The number of thioether (sulfide) groups is 1. The number of benzene rings is 1. The van der Waals surface area contributed by atoms with Crippen molar-refractivity contribution in [1.29, 1.82) is 0 Å². The SMILES string of the molecule is CSCCCC(O)C(O)C(Cc1ccc(O)cc1)NC(=O)C1(C)COC(N(C)N(C)[O-])=N1. The number of amidine groups is 1. The summed E-state index contributed by atoms with van der Waals surface area (Å²) in [5.41, 5.74) is -0.524. The van der Waals surface area contributed by atoms with Gasteiger partial charge in [0, 0.05) is 7.05 Å². The number of phenolic OH excluding ortho intramolecular Hbond substituents is 1. The monoisotopic (exact) mass is 469 g/mol. The number of nitrogens with zero attached hydrogens (tertiary/aromatic N) is 3. The van der Waals surface area contributed by atoms with E-state index in [0.717, 1.165) is 22.7 Å². The van der Waals surface area contributed by atoms with Gasteiger partial charge in [0.1, 0.15) is 18.5 Å². The first kappa shape index (κ1) is 26.2. The summed E-state index contributed by atoms with van der Waals surface area (Å²) in [4.78, 5) is 17.4. The zero-order valence-electron chi connectivity index (χ0n) is 18.9. The molecule has 0 radical (unpaired) electrons. The molecule has 1 heterocycles. The van der Waals surface area contributed by atoms with Gasteiger partial charge in [-0.1, -0.05) is 12.1 Å². The van der Waals surface area contributed by atoms with Gasteiger partial charge in [-0.3, -0.25) is 15.0 Å². The summed E-state index contributed by atoms with van der Waals surface area (Å²) in [6.07, 6.45) is 1.11. The molecule has 1 aliphatic heterocycles. The van der Waals surface area contributed by atoms with Crippen LogP contribution in [0.25, 0.3) is 0 Å². The first-order valence-electron chi connectivity index (χ1n) is 10.4. The smallest absolute Gasteiger partial charge is 0.302 e. The Balaban J connectivity index is 2.17. The van der Waals surface area contributed by atoms with Gasteiger partial charge in [0.25, 0.3) is 5.91 Å². The van der Waals surface area contributed by atoms with E-state index >= 15 is 0 Å². The fourth-order valence-corrected chi connectivity index (χ4v) is 3.68. The highest BCUT2D eigenvalue weighted by Crippen LogP contribution is 2.22. The number of aliphatic imine (C=N–C) groups is 1. The van der Waals surface area contributed by atoms with E-state index < -0.39 is 29.7 Å². The Bertz CT molecular complexity index is 778. The molecule has 1 aromatic rings. The molecular weight excluding hydrogens is 436 g/mol. The third-order valence-electron chi connectivity index (χ3n) is 5.38. The Hall–Kier alpha value is -2.05. The summed E-state index contributed by atoms with van der Waals surface area (Å²) in [5, 5.41) is 46.8. The maximum Gasteiger partial charge on any atom is 0.302 e. The summed E-state index contributed by atoms with van der Waals surface area (Å²) < 4.78 is 5.43. The number of carbonyl (C=O) groups is 1. The van der Waals surface area contributed by atoms with Gasteiger partial charge in [0.05, 0.1) is 12.1 Å². The van der Waals surface area contributed by atoms with E-state index in [4.69, 9.17) is 4.74 Å². The van der Waals surface area contributed by atoms with Crippen molar-refractivity contribution in [2.45, 2.75) is 50.0 Å².